The third kappa shape index (κ3) is 3.56. The van der Waals surface area contributed by atoms with Crippen molar-refractivity contribution in [2.75, 3.05) is 24.7 Å². The van der Waals surface area contributed by atoms with Gasteiger partial charge >= 0.3 is 0 Å². The van der Waals surface area contributed by atoms with Crippen molar-refractivity contribution in [1.29, 1.82) is 0 Å². The molecule has 0 N–H and O–H groups in total. The van der Waals surface area contributed by atoms with Crippen molar-refractivity contribution >= 4 is 17.4 Å². The Labute approximate surface area is 140 Å². The molecule has 2 aromatic carbocycles. The summed E-state index contributed by atoms with van der Waals surface area (Å²) >= 11 is 0. The number of rotatable bonds is 6. The van der Waals surface area contributed by atoms with Crippen molar-refractivity contribution < 1.29 is 19.1 Å². The van der Waals surface area contributed by atoms with E-state index >= 15 is 0 Å². The topological polar surface area (TPSA) is 55.8 Å². The second kappa shape index (κ2) is 7.17. The van der Waals surface area contributed by atoms with Gasteiger partial charge in [0.05, 0.1) is 12.3 Å². The van der Waals surface area contributed by atoms with Crippen molar-refractivity contribution in [3.8, 4) is 11.5 Å². The predicted molar refractivity (Wildman–Crippen MR) is 90.8 cm³/mol. The van der Waals surface area contributed by atoms with Crippen molar-refractivity contribution in [1.82, 2.24) is 0 Å². The van der Waals surface area contributed by atoms with Crippen LogP contribution in [0.15, 0.2) is 48.5 Å². The summed E-state index contributed by atoms with van der Waals surface area (Å²) in [5, 5.41) is 0. The monoisotopic (exact) mass is 325 g/mol. The number of amides is 1. The van der Waals surface area contributed by atoms with Gasteiger partial charge in [-0.3, -0.25) is 9.59 Å². The summed E-state index contributed by atoms with van der Waals surface area (Å²) in [6.07, 6.45) is 0.685. The van der Waals surface area contributed by atoms with Crippen molar-refractivity contribution in [2.24, 2.45) is 0 Å². The van der Waals surface area contributed by atoms with E-state index in [1.54, 1.807) is 23.1 Å². The average molecular weight is 325 g/mol. The van der Waals surface area contributed by atoms with Gasteiger partial charge in [0.1, 0.15) is 11.5 Å². The highest BCUT2D eigenvalue weighted by Gasteiger charge is 2.25. The third-order valence-electron chi connectivity index (χ3n) is 3.85. The molecule has 0 saturated heterocycles. The van der Waals surface area contributed by atoms with E-state index in [1.807, 2.05) is 30.3 Å². The number of fused-ring (bicyclic) bond motifs is 1. The quantitative estimate of drug-likeness (QED) is 0.605. The first-order chi connectivity index (χ1) is 11.6. The predicted octanol–water partition coefficient (Wildman–Crippen LogP) is 3.08. The number of nitrogens with zero attached hydrogens (tertiary/aromatic N) is 1. The van der Waals surface area contributed by atoms with Gasteiger partial charge in [0.15, 0.2) is 12.4 Å². The van der Waals surface area contributed by atoms with Crippen molar-refractivity contribution in [2.45, 2.75) is 13.3 Å². The number of ketones is 1. The van der Waals surface area contributed by atoms with Gasteiger partial charge in [0.2, 0.25) is 0 Å². The zero-order valence-corrected chi connectivity index (χ0v) is 13.5. The molecule has 0 radical (unpaired) electrons. The maximum absolute atomic E-state index is 12.2. The number of hydrogen-bond acceptors (Lipinski definition) is 4. The zero-order chi connectivity index (χ0) is 16.9. The van der Waals surface area contributed by atoms with E-state index in [4.69, 9.17) is 9.47 Å². The normalized spacial score (nSPS) is 13.2. The Morgan fingerprint density at radius 3 is 2.75 bits per heavy atom. The lowest BCUT2D eigenvalue weighted by Gasteiger charge is -2.29. The van der Waals surface area contributed by atoms with Crippen LogP contribution in [0.1, 0.15) is 23.7 Å². The first-order valence-electron chi connectivity index (χ1n) is 7.91. The van der Waals surface area contributed by atoms with Crippen LogP contribution in [-0.4, -0.2) is 31.4 Å². The maximum Gasteiger partial charge on any atom is 0.265 e. The Bertz CT molecular complexity index is 742. The van der Waals surface area contributed by atoms with E-state index in [1.165, 1.54) is 6.92 Å². The van der Waals surface area contributed by atoms with E-state index in [-0.39, 0.29) is 18.3 Å². The molecule has 1 aliphatic heterocycles. The first kappa shape index (κ1) is 16.1. The van der Waals surface area contributed by atoms with Crippen LogP contribution in [0.2, 0.25) is 0 Å². The van der Waals surface area contributed by atoms with Crippen LogP contribution in [0, 0.1) is 0 Å². The smallest absolute Gasteiger partial charge is 0.265 e. The fourth-order valence-electron chi connectivity index (χ4n) is 2.60. The molecule has 5 heteroatoms. The summed E-state index contributed by atoms with van der Waals surface area (Å²) in [6.45, 7) is 2.55. The SMILES string of the molecule is CC(=O)c1ccc2c(c1)N(CCCOc1ccccc1)C(=O)CO2. The van der Waals surface area contributed by atoms with Crippen molar-refractivity contribution in [3.05, 3.63) is 54.1 Å². The molecule has 2 aromatic rings. The lowest BCUT2D eigenvalue weighted by Crippen LogP contribution is -2.40. The third-order valence-corrected chi connectivity index (χ3v) is 3.85. The minimum atomic E-state index is -0.108. The number of hydrogen-bond donors (Lipinski definition) is 0. The van der Waals surface area contributed by atoms with Crippen LogP contribution in [0.4, 0.5) is 5.69 Å². The Balaban J connectivity index is 1.66. The maximum atomic E-state index is 12.2. The minimum Gasteiger partial charge on any atom is -0.494 e. The molecule has 0 fully saturated rings. The molecular weight excluding hydrogens is 306 g/mol. The highest BCUT2D eigenvalue weighted by molar-refractivity contribution is 6.01. The molecule has 1 amide bonds. The fraction of sp³-hybridized carbons (Fsp3) is 0.263. The molecule has 0 unspecified atom stereocenters. The van der Waals surface area contributed by atoms with Crippen LogP contribution in [0.3, 0.4) is 0 Å². The molecule has 5 nitrogen and oxygen atoms in total. The molecule has 1 aliphatic rings. The van der Waals surface area contributed by atoms with Gasteiger partial charge in [0.25, 0.3) is 5.91 Å². The van der Waals surface area contributed by atoms with Crippen LogP contribution in [0.5, 0.6) is 11.5 Å². The number of benzene rings is 2. The van der Waals surface area contributed by atoms with Crippen LogP contribution in [0.25, 0.3) is 0 Å². The standard InChI is InChI=1S/C19H19NO4/c1-14(21)15-8-9-18-17(12-15)20(19(22)13-24-18)10-5-11-23-16-6-3-2-4-7-16/h2-4,6-9,12H,5,10-11,13H2,1H3. The lowest BCUT2D eigenvalue weighted by molar-refractivity contribution is -0.121. The van der Waals surface area contributed by atoms with Crippen LogP contribution in [-0.2, 0) is 4.79 Å². The largest absolute Gasteiger partial charge is 0.494 e. The van der Waals surface area contributed by atoms with Gasteiger partial charge in [-0.05, 0) is 43.7 Å². The van der Waals surface area contributed by atoms with E-state index in [2.05, 4.69) is 0 Å². The van der Waals surface area contributed by atoms with Crippen LogP contribution >= 0.6 is 0 Å². The Morgan fingerprint density at radius 2 is 2.00 bits per heavy atom. The molecule has 0 spiro atoms. The average Bonchev–Trinajstić information content (AvgIpc) is 2.60. The summed E-state index contributed by atoms with van der Waals surface area (Å²) < 4.78 is 11.1. The molecular formula is C19H19NO4. The number of carbonyl (C=O) groups excluding carboxylic acids is 2. The molecule has 124 valence electrons. The molecule has 24 heavy (non-hydrogen) atoms. The summed E-state index contributed by atoms with van der Waals surface area (Å²) in [7, 11) is 0. The number of Topliss-reactive ketones (excluding diaryl/α,β-unsaturated/α-hetero) is 1. The minimum absolute atomic E-state index is 0.0198. The fourth-order valence-corrected chi connectivity index (χ4v) is 2.60. The number of ether oxygens (including phenoxy) is 2. The van der Waals surface area contributed by atoms with E-state index in [0.29, 0.717) is 36.6 Å². The van der Waals surface area contributed by atoms with Gasteiger partial charge in [-0.2, -0.15) is 0 Å². The van der Waals surface area contributed by atoms with Gasteiger partial charge in [-0.1, -0.05) is 18.2 Å². The highest BCUT2D eigenvalue weighted by Crippen LogP contribution is 2.33. The van der Waals surface area contributed by atoms with E-state index in [9.17, 15) is 9.59 Å². The van der Waals surface area contributed by atoms with Crippen molar-refractivity contribution in [3.63, 3.8) is 0 Å². The van der Waals surface area contributed by atoms with Crippen LogP contribution < -0.4 is 14.4 Å². The Morgan fingerprint density at radius 1 is 1.21 bits per heavy atom. The van der Waals surface area contributed by atoms with Gasteiger partial charge in [-0.25, -0.2) is 0 Å². The zero-order valence-electron chi connectivity index (χ0n) is 13.5. The second-order valence-corrected chi connectivity index (χ2v) is 5.59. The van der Waals surface area contributed by atoms with Gasteiger partial charge < -0.3 is 14.4 Å². The molecule has 0 bridgehead atoms. The molecule has 1 heterocycles. The summed E-state index contributed by atoms with van der Waals surface area (Å²) in [6, 6.07) is 14.7. The summed E-state index contributed by atoms with van der Waals surface area (Å²) in [4.78, 5) is 25.4. The van der Waals surface area contributed by atoms with Gasteiger partial charge in [-0.15, -0.1) is 0 Å². The molecule has 0 saturated carbocycles. The first-order valence-corrected chi connectivity index (χ1v) is 7.91. The molecule has 0 atom stereocenters. The van der Waals surface area contributed by atoms with E-state index in [0.717, 1.165) is 5.75 Å². The Kier molecular flexibility index (Phi) is 4.79. The van der Waals surface area contributed by atoms with E-state index < -0.39 is 0 Å². The lowest BCUT2D eigenvalue weighted by atomic mass is 10.1. The van der Waals surface area contributed by atoms with Gasteiger partial charge in [0, 0.05) is 12.1 Å². The number of carbonyl (C=O) groups is 2. The molecule has 0 aliphatic carbocycles. The summed E-state index contributed by atoms with van der Waals surface area (Å²) in [5.74, 6) is 1.29. The second-order valence-electron chi connectivity index (χ2n) is 5.59. The number of anilines is 1. The number of para-hydroxylation sites is 1. The summed E-state index contributed by atoms with van der Waals surface area (Å²) in [5.41, 5.74) is 1.22. The molecule has 0 aromatic heterocycles. The highest BCUT2D eigenvalue weighted by atomic mass is 16.5. The Hall–Kier alpha value is -2.82. The molecule has 3 rings (SSSR count).